The summed E-state index contributed by atoms with van der Waals surface area (Å²) in [4.78, 5) is 11.4. The highest BCUT2D eigenvalue weighted by atomic mass is 16.3. The highest BCUT2D eigenvalue weighted by molar-refractivity contribution is 5.74. The summed E-state index contributed by atoms with van der Waals surface area (Å²) < 4.78 is 5.60. The lowest BCUT2D eigenvalue weighted by molar-refractivity contribution is -0.906. The van der Waals surface area contributed by atoms with E-state index in [-0.39, 0.29) is 5.91 Å². The molecular weight excluding hydrogens is 206 g/mol. The van der Waals surface area contributed by atoms with Crippen molar-refractivity contribution in [1.82, 2.24) is 10.7 Å². The lowest BCUT2D eigenvalue weighted by atomic mass is 10.4. The van der Waals surface area contributed by atoms with Crippen LogP contribution in [-0.2, 0) is 11.3 Å². The molecule has 0 aromatic carbocycles. The number of carbonyl (C=O) groups is 1. The van der Waals surface area contributed by atoms with E-state index in [1.165, 1.54) is 0 Å². The topological polar surface area (TPSA) is 54.3 Å². The van der Waals surface area contributed by atoms with Crippen molar-refractivity contribution >= 4 is 5.91 Å². The predicted molar refractivity (Wildman–Crippen MR) is 61.2 cm³/mol. The number of nitrogens with one attached hydrogen (secondary N) is 2. The molecule has 0 spiro atoms. The molecule has 0 unspecified atom stereocenters. The van der Waals surface area contributed by atoms with E-state index in [2.05, 4.69) is 10.7 Å². The van der Waals surface area contributed by atoms with Crippen LogP contribution in [0.15, 0.2) is 22.8 Å². The van der Waals surface area contributed by atoms with Gasteiger partial charge in [0.1, 0.15) is 5.76 Å². The molecule has 0 radical (unpaired) electrons. The number of carbonyl (C=O) groups excluding carboxylic acids is 1. The van der Waals surface area contributed by atoms with E-state index in [4.69, 9.17) is 4.42 Å². The van der Waals surface area contributed by atoms with Crippen molar-refractivity contribution in [3.05, 3.63) is 24.2 Å². The van der Waals surface area contributed by atoms with E-state index in [0.717, 1.165) is 5.76 Å². The maximum Gasteiger partial charge on any atom is 0.266 e. The van der Waals surface area contributed by atoms with E-state index in [1.54, 1.807) is 6.26 Å². The Labute approximate surface area is 96.0 Å². The Bertz CT molecular complexity index is 314. The zero-order chi connectivity index (χ0) is 12.0. The molecule has 90 valence electrons. The number of rotatable bonds is 6. The Balaban J connectivity index is 2.09. The minimum absolute atomic E-state index is 0.0412. The molecule has 1 aromatic rings. The summed E-state index contributed by atoms with van der Waals surface area (Å²) in [6, 6.07) is 3.75. The first-order valence-electron chi connectivity index (χ1n) is 5.33. The van der Waals surface area contributed by atoms with Crippen molar-refractivity contribution in [1.29, 1.82) is 0 Å². The van der Waals surface area contributed by atoms with Crippen molar-refractivity contribution in [3.63, 3.8) is 0 Å². The smallest absolute Gasteiger partial charge is 0.266 e. The van der Waals surface area contributed by atoms with Crippen LogP contribution >= 0.6 is 0 Å². The van der Waals surface area contributed by atoms with Crippen LogP contribution in [-0.4, -0.2) is 38.2 Å². The van der Waals surface area contributed by atoms with Gasteiger partial charge in [-0.05, 0) is 12.1 Å². The largest absolute Gasteiger partial charge is 0.468 e. The van der Waals surface area contributed by atoms with Crippen molar-refractivity contribution in [3.8, 4) is 0 Å². The van der Waals surface area contributed by atoms with Crippen molar-refractivity contribution in [2.75, 3.05) is 27.7 Å². The Kier molecular flexibility index (Phi) is 4.52. The van der Waals surface area contributed by atoms with Gasteiger partial charge >= 0.3 is 0 Å². The summed E-state index contributed by atoms with van der Waals surface area (Å²) in [6.07, 6.45) is 2.11. The third kappa shape index (κ3) is 5.53. The molecule has 0 fully saturated rings. The number of quaternary nitrogens is 1. The Morgan fingerprint density at radius 1 is 1.44 bits per heavy atom. The fourth-order valence-corrected chi connectivity index (χ4v) is 1.26. The Morgan fingerprint density at radius 3 is 2.75 bits per heavy atom. The lowest BCUT2D eigenvalue weighted by Gasteiger charge is -2.23. The molecule has 1 amide bonds. The SMILES string of the molecule is C[N+](C)(C)NC(=O)CCNCc1ccco1. The van der Waals surface area contributed by atoms with E-state index >= 15 is 0 Å². The number of amides is 1. The van der Waals surface area contributed by atoms with Gasteiger partial charge in [0.2, 0.25) is 0 Å². The molecule has 1 heterocycles. The molecule has 0 aliphatic heterocycles. The third-order valence-corrected chi connectivity index (χ3v) is 1.87. The molecule has 0 saturated carbocycles. The van der Waals surface area contributed by atoms with Gasteiger partial charge in [-0.3, -0.25) is 4.79 Å². The maximum absolute atomic E-state index is 11.4. The summed E-state index contributed by atoms with van der Waals surface area (Å²) in [5.41, 5.74) is 2.85. The zero-order valence-corrected chi connectivity index (χ0v) is 10.1. The maximum atomic E-state index is 11.4. The van der Waals surface area contributed by atoms with E-state index < -0.39 is 0 Å². The number of hydrogen-bond donors (Lipinski definition) is 2. The van der Waals surface area contributed by atoms with Gasteiger partial charge in [0.15, 0.2) is 0 Å². The quantitative estimate of drug-likeness (QED) is 0.422. The monoisotopic (exact) mass is 226 g/mol. The minimum atomic E-state index is 0.0412. The average Bonchev–Trinajstić information content (AvgIpc) is 2.62. The van der Waals surface area contributed by atoms with Gasteiger partial charge < -0.3 is 9.73 Å². The lowest BCUT2D eigenvalue weighted by Crippen LogP contribution is -2.51. The highest BCUT2D eigenvalue weighted by Crippen LogP contribution is 1.98. The second-order valence-corrected chi connectivity index (χ2v) is 4.55. The van der Waals surface area contributed by atoms with E-state index in [1.807, 2.05) is 33.3 Å². The van der Waals surface area contributed by atoms with Crippen LogP contribution in [0.1, 0.15) is 12.2 Å². The fourth-order valence-electron chi connectivity index (χ4n) is 1.26. The molecule has 16 heavy (non-hydrogen) atoms. The molecule has 1 aromatic heterocycles. The van der Waals surface area contributed by atoms with Crippen LogP contribution in [0, 0.1) is 0 Å². The summed E-state index contributed by atoms with van der Waals surface area (Å²) in [5.74, 6) is 0.923. The molecule has 0 aliphatic rings. The van der Waals surface area contributed by atoms with E-state index in [9.17, 15) is 4.79 Å². The first-order valence-corrected chi connectivity index (χ1v) is 5.33. The molecule has 0 bridgehead atoms. The van der Waals surface area contributed by atoms with Crippen LogP contribution in [0.2, 0.25) is 0 Å². The molecular formula is C11H20N3O2+. The van der Waals surface area contributed by atoms with Crippen LogP contribution in [0.5, 0.6) is 0 Å². The van der Waals surface area contributed by atoms with Crippen LogP contribution < -0.4 is 10.7 Å². The van der Waals surface area contributed by atoms with Gasteiger partial charge in [0.05, 0.1) is 34.0 Å². The van der Waals surface area contributed by atoms with E-state index in [0.29, 0.717) is 24.1 Å². The molecule has 5 heteroatoms. The normalized spacial score (nSPS) is 11.4. The highest BCUT2D eigenvalue weighted by Gasteiger charge is 2.11. The molecule has 0 saturated heterocycles. The summed E-state index contributed by atoms with van der Waals surface area (Å²) in [6.45, 7) is 1.30. The third-order valence-electron chi connectivity index (χ3n) is 1.87. The summed E-state index contributed by atoms with van der Waals surface area (Å²) >= 11 is 0. The molecule has 1 rings (SSSR count). The first kappa shape index (κ1) is 12.7. The summed E-state index contributed by atoms with van der Waals surface area (Å²) in [5, 5.41) is 3.14. The predicted octanol–water partition coefficient (Wildman–Crippen LogP) is 0.497. The van der Waals surface area contributed by atoms with Gasteiger partial charge in [0, 0.05) is 13.0 Å². The van der Waals surface area contributed by atoms with Crippen molar-refractivity contribution in [2.24, 2.45) is 0 Å². The van der Waals surface area contributed by atoms with Gasteiger partial charge in [-0.2, -0.15) is 0 Å². The van der Waals surface area contributed by atoms with Crippen molar-refractivity contribution < 1.29 is 13.8 Å². The first-order chi connectivity index (χ1) is 7.47. The second-order valence-electron chi connectivity index (χ2n) is 4.55. The van der Waals surface area contributed by atoms with Crippen LogP contribution in [0.3, 0.4) is 0 Å². The van der Waals surface area contributed by atoms with Gasteiger partial charge in [-0.25, -0.2) is 10.0 Å². The second kappa shape index (κ2) is 5.67. The molecule has 0 atom stereocenters. The number of nitrogens with zero attached hydrogens (tertiary/aromatic N) is 1. The van der Waals surface area contributed by atoms with Crippen molar-refractivity contribution in [2.45, 2.75) is 13.0 Å². The number of hydrogen-bond acceptors (Lipinski definition) is 3. The van der Waals surface area contributed by atoms with Gasteiger partial charge in [-0.1, -0.05) is 0 Å². The molecule has 5 nitrogen and oxygen atoms in total. The molecule has 0 aliphatic carbocycles. The number of furan rings is 1. The average molecular weight is 226 g/mol. The van der Waals surface area contributed by atoms with Crippen LogP contribution in [0.25, 0.3) is 0 Å². The molecule has 2 N–H and O–H groups in total. The zero-order valence-electron chi connectivity index (χ0n) is 10.1. The van der Waals surface area contributed by atoms with Gasteiger partial charge in [0.25, 0.3) is 5.91 Å². The van der Waals surface area contributed by atoms with Gasteiger partial charge in [-0.15, -0.1) is 0 Å². The summed E-state index contributed by atoms with van der Waals surface area (Å²) in [7, 11) is 5.73. The Morgan fingerprint density at radius 2 is 2.19 bits per heavy atom. The van der Waals surface area contributed by atoms with Crippen LogP contribution in [0.4, 0.5) is 0 Å². The minimum Gasteiger partial charge on any atom is -0.468 e. The standard InChI is InChI=1S/C11H19N3O2/c1-14(2,3)13-11(15)6-7-12-9-10-5-4-8-16-10/h4-5,8,12H,6-7,9H2,1-3H3/p+1. The fraction of sp³-hybridized carbons (Fsp3) is 0.545. The Hall–Kier alpha value is -1.33.